The maximum absolute atomic E-state index is 14.1. The van der Waals surface area contributed by atoms with Crippen molar-refractivity contribution in [1.82, 2.24) is 9.80 Å². The second kappa shape index (κ2) is 6.61. The summed E-state index contributed by atoms with van der Waals surface area (Å²) >= 11 is 0. The van der Waals surface area contributed by atoms with Gasteiger partial charge >= 0.3 is 0 Å². The van der Waals surface area contributed by atoms with Gasteiger partial charge in [-0.25, -0.2) is 8.78 Å². The van der Waals surface area contributed by atoms with Crippen LogP contribution in [0.5, 0.6) is 0 Å². The normalized spacial score (nSPS) is 26.5. The molecule has 4 rings (SSSR count). The molecule has 1 aromatic carbocycles. The van der Waals surface area contributed by atoms with Crippen molar-refractivity contribution in [2.45, 2.75) is 31.2 Å². The number of carbonyl (C=O) groups is 2. The predicted molar refractivity (Wildman–Crippen MR) is 89.5 cm³/mol. The number of hydrogen-bond acceptors (Lipinski definition) is 3. The highest BCUT2D eigenvalue weighted by atomic mass is 19.1. The summed E-state index contributed by atoms with van der Waals surface area (Å²) in [6.45, 7) is 2.19. The minimum Gasteiger partial charge on any atom is -0.379 e. The van der Waals surface area contributed by atoms with Gasteiger partial charge < -0.3 is 14.5 Å². The van der Waals surface area contributed by atoms with Crippen LogP contribution in [0.15, 0.2) is 18.2 Å². The smallest absolute Gasteiger partial charge is 0.256 e. The number of benzene rings is 1. The van der Waals surface area contributed by atoms with E-state index >= 15 is 0 Å². The molecule has 0 bridgehead atoms. The van der Waals surface area contributed by atoms with Crippen LogP contribution in [0, 0.1) is 17.6 Å². The summed E-state index contributed by atoms with van der Waals surface area (Å²) in [5, 5.41) is 0. The van der Waals surface area contributed by atoms with Crippen LogP contribution >= 0.6 is 0 Å². The van der Waals surface area contributed by atoms with Gasteiger partial charge in [0.15, 0.2) is 0 Å². The van der Waals surface area contributed by atoms with Crippen LogP contribution in [0.25, 0.3) is 0 Å². The van der Waals surface area contributed by atoms with Crippen molar-refractivity contribution in [3.63, 3.8) is 0 Å². The molecule has 1 spiro atoms. The van der Waals surface area contributed by atoms with E-state index in [1.54, 1.807) is 0 Å². The average molecular weight is 364 g/mol. The molecule has 1 aliphatic carbocycles. The van der Waals surface area contributed by atoms with Crippen molar-refractivity contribution in [3.05, 3.63) is 35.4 Å². The Morgan fingerprint density at radius 3 is 2.77 bits per heavy atom. The van der Waals surface area contributed by atoms with Gasteiger partial charge in [0.2, 0.25) is 5.91 Å². The molecular formula is C19H22F2N2O3. The van der Waals surface area contributed by atoms with Crippen molar-refractivity contribution in [2.75, 3.05) is 32.8 Å². The molecule has 1 aromatic rings. The summed E-state index contributed by atoms with van der Waals surface area (Å²) in [5.74, 6) is -1.54. The number of halogens is 2. The second-order valence-corrected chi connectivity index (χ2v) is 7.58. The molecule has 1 atom stereocenters. The number of carbonyl (C=O) groups excluding carboxylic acids is 2. The quantitative estimate of drug-likeness (QED) is 0.826. The Bertz CT molecular complexity index is 729. The first-order valence-corrected chi connectivity index (χ1v) is 9.11. The van der Waals surface area contributed by atoms with Crippen LogP contribution in [-0.2, 0) is 9.53 Å². The van der Waals surface area contributed by atoms with Crippen LogP contribution < -0.4 is 0 Å². The van der Waals surface area contributed by atoms with E-state index in [-0.39, 0.29) is 24.4 Å². The first kappa shape index (κ1) is 17.4. The molecule has 5 nitrogen and oxygen atoms in total. The molecule has 1 saturated carbocycles. The topological polar surface area (TPSA) is 49.9 Å². The van der Waals surface area contributed by atoms with E-state index in [0.717, 1.165) is 18.9 Å². The van der Waals surface area contributed by atoms with Gasteiger partial charge in [0.1, 0.15) is 11.6 Å². The highest BCUT2D eigenvalue weighted by molar-refractivity contribution is 5.95. The van der Waals surface area contributed by atoms with Crippen molar-refractivity contribution in [3.8, 4) is 0 Å². The highest BCUT2D eigenvalue weighted by Gasteiger charge is 2.48. The Labute approximate surface area is 150 Å². The molecule has 3 aliphatic rings. The fourth-order valence-electron chi connectivity index (χ4n) is 3.94. The lowest BCUT2D eigenvalue weighted by atomic mass is 9.94. The van der Waals surface area contributed by atoms with Gasteiger partial charge in [-0.2, -0.15) is 0 Å². The summed E-state index contributed by atoms with van der Waals surface area (Å²) in [6, 6.07) is 2.96. The number of amides is 2. The van der Waals surface area contributed by atoms with Gasteiger partial charge in [-0.15, -0.1) is 0 Å². The fraction of sp³-hybridized carbons (Fsp3) is 0.579. The molecule has 2 aliphatic heterocycles. The van der Waals surface area contributed by atoms with Crippen LogP contribution in [-0.4, -0.2) is 60.0 Å². The lowest BCUT2D eigenvalue weighted by Crippen LogP contribution is -2.57. The number of ether oxygens (including phenoxy) is 1. The molecule has 140 valence electrons. The Kier molecular flexibility index (Phi) is 4.42. The largest absolute Gasteiger partial charge is 0.379 e. The first-order valence-electron chi connectivity index (χ1n) is 9.11. The van der Waals surface area contributed by atoms with Gasteiger partial charge in [-0.3, -0.25) is 9.59 Å². The molecule has 2 saturated heterocycles. The molecule has 2 amide bonds. The summed E-state index contributed by atoms with van der Waals surface area (Å²) in [4.78, 5) is 29.1. The maximum Gasteiger partial charge on any atom is 0.256 e. The van der Waals surface area contributed by atoms with Crippen LogP contribution in [0.2, 0.25) is 0 Å². The van der Waals surface area contributed by atoms with E-state index in [4.69, 9.17) is 4.74 Å². The van der Waals surface area contributed by atoms with Gasteiger partial charge in [0.05, 0.1) is 17.7 Å². The molecule has 26 heavy (non-hydrogen) atoms. The standard InChI is InChI=1S/C19H22F2N2O3/c20-14-3-4-15(16(21)9-14)18(25)22-7-5-17(24)23(10-13-1-2-13)19(11-22)6-8-26-12-19/h3-4,9,13H,1-2,5-8,10-12H2. The summed E-state index contributed by atoms with van der Waals surface area (Å²) in [5.41, 5.74) is -0.703. The fourth-order valence-corrected chi connectivity index (χ4v) is 3.94. The molecule has 0 aromatic heterocycles. The molecule has 0 radical (unpaired) electrons. The molecule has 7 heteroatoms. The molecular weight excluding hydrogens is 342 g/mol. The van der Waals surface area contributed by atoms with E-state index in [2.05, 4.69) is 0 Å². The summed E-state index contributed by atoms with van der Waals surface area (Å²) in [6.07, 6.45) is 3.14. The zero-order valence-electron chi connectivity index (χ0n) is 14.5. The lowest BCUT2D eigenvalue weighted by molar-refractivity contribution is -0.136. The Morgan fingerprint density at radius 1 is 1.31 bits per heavy atom. The molecule has 3 fully saturated rings. The van der Waals surface area contributed by atoms with Crippen LogP contribution in [0.1, 0.15) is 36.0 Å². The molecule has 1 unspecified atom stereocenters. The minimum atomic E-state index is -0.878. The maximum atomic E-state index is 14.1. The first-order chi connectivity index (χ1) is 12.5. The third-order valence-corrected chi connectivity index (χ3v) is 5.62. The van der Waals surface area contributed by atoms with Crippen molar-refractivity contribution in [1.29, 1.82) is 0 Å². The zero-order valence-corrected chi connectivity index (χ0v) is 14.5. The van der Waals surface area contributed by atoms with E-state index in [1.165, 1.54) is 11.0 Å². The highest BCUT2D eigenvalue weighted by Crippen LogP contribution is 2.37. The summed E-state index contributed by atoms with van der Waals surface area (Å²) < 4.78 is 32.8. The van der Waals surface area contributed by atoms with E-state index in [1.807, 2.05) is 4.90 Å². The number of nitrogens with zero attached hydrogens (tertiary/aromatic N) is 2. The van der Waals surface area contributed by atoms with Gasteiger partial charge in [-0.1, -0.05) is 0 Å². The molecule has 2 heterocycles. The third-order valence-electron chi connectivity index (χ3n) is 5.62. The van der Waals surface area contributed by atoms with E-state index in [0.29, 0.717) is 44.7 Å². The summed E-state index contributed by atoms with van der Waals surface area (Å²) in [7, 11) is 0. The number of hydrogen-bond donors (Lipinski definition) is 0. The minimum absolute atomic E-state index is 0.0253. The van der Waals surface area contributed by atoms with Gasteiger partial charge in [0.25, 0.3) is 5.91 Å². The van der Waals surface area contributed by atoms with Gasteiger partial charge in [-0.05, 0) is 37.3 Å². The van der Waals surface area contributed by atoms with Gasteiger partial charge in [0, 0.05) is 38.7 Å². The zero-order chi connectivity index (χ0) is 18.3. The SMILES string of the molecule is O=C(c1ccc(F)cc1F)N1CCC(=O)N(CC2CC2)C2(CCOC2)C1. The Balaban J connectivity index is 1.61. The predicted octanol–water partition coefficient (Wildman–Crippen LogP) is 2.21. The second-order valence-electron chi connectivity index (χ2n) is 7.58. The lowest BCUT2D eigenvalue weighted by Gasteiger charge is -2.40. The average Bonchev–Trinajstić information content (AvgIpc) is 3.33. The van der Waals surface area contributed by atoms with Crippen molar-refractivity contribution >= 4 is 11.8 Å². The van der Waals surface area contributed by atoms with Crippen LogP contribution in [0.3, 0.4) is 0 Å². The number of rotatable bonds is 3. The van der Waals surface area contributed by atoms with E-state index in [9.17, 15) is 18.4 Å². The van der Waals surface area contributed by atoms with Crippen LogP contribution in [0.4, 0.5) is 8.78 Å². The third kappa shape index (κ3) is 3.20. The Hall–Kier alpha value is -2.02. The van der Waals surface area contributed by atoms with Crippen molar-refractivity contribution in [2.24, 2.45) is 5.92 Å². The molecule has 0 N–H and O–H groups in total. The monoisotopic (exact) mass is 364 g/mol. The van der Waals surface area contributed by atoms with E-state index < -0.39 is 23.1 Å². The van der Waals surface area contributed by atoms with Crippen molar-refractivity contribution < 1.29 is 23.1 Å². The Morgan fingerprint density at radius 2 is 2.12 bits per heavy atom.